The van der Waals surface area contributed by atoms with Gasteiger partial charge in [0.1, 0.15) is 4.99 Å². The molecule has 1 aromatic carbocycles. The third-order valence-corrected chi connectivity index (χ3v) is 3.57. The topological polar surface area (TPSA) is 58.7 Å². The van der Waals surface area contributed by atoms with E-state index in [0.29, 0.717) is 6.54 Å². The van der Waals surface area contributed by atoms with Gasteiger partial charge in [0.2, 0.25) is 0 Å². The maximum Gasteiger partial charge on any atom is 0.182 e. The largest absolute Gasteiger partial charge is 0.394 e. The number of aliphatic hydroxyl groups is 1. The summed E-state index contributed by atoms with van der Waals surface area (Å²) < 4.78 is 33.9. The van der Waals surface area contributed by atoms with Crippen molar-refractivity contribution in [3.8, 4) is 0 Å². The van der Waals surface area contributed by atoms with Crippen LogP contribution in [0.4, 0.5) is 14.5 Å². The normalized spacial score (nSPS) is 21.4. The minimum Gasteiger partial charge on any atom is -0.394 e. The van der Waals surface area contributed by atoms with Crippen molar-refractivity contribution >= 4 is 22.9 Å². The Balaban J connectivity index is 2.37. The lowest BCUT2D eigenvalue weighted by Crippen LogP contribution is -2.54. The van der Waals surface area contributed by atoms with Gasteiger partial charge < -0.3 is 20.5 Å². The van der Waals surface area contributed by atoms with Crippen molar-refractivity contribution < 1.29 is 18.6 Å². The first-order valence-corrected chi connectivity index (χ1v) is 6.97. The van der Waals surface area contributed by atoms with Crippen molar-refractivity contribution in [1.29, 1.82) is 0 Å². The van der Waals surface area contributed by atoms with Crippen LogP contribution in [0.3, 0.4) is 0 Å². The van der Waals surface area contributed by atoms with Gasteiger partial charge in [0.25, 0.3) is 0 Å². The maximum absolute atomic E-state index is 14.3. The van der Waals surface area contributed by atoms with Gasteiger partial charge in [-0.3, -0.25) is 0 Å². The van der Waals surface area contributed by atoms with Gasteiger partial charge in [-0.2, -0.15) is 0 Å². The fourth-order valence-corrected chi connectivity index (χ4v) is 2.71. The molecular formula is C14H18F2N2O2S. The Kier molecular flexibility index (Phi) is 4.46. The molecule has 21 heavy (non-hydrogen) atoms. The molecule has 0 amide bonds. The Morgan fingerprint density at radius 1 is 1.48 bits per heavy atom. The first-order chi connectivity index (χ1) is 9.75. The number of nitrogens with zero attached hydrogens (tertiary/aromatic N) is 1. The van der Waals surface area contributed by atoms with Crippen molar-refractivity contribution in [1.82, 2.24) is 0 Å². The molecule has 4 nitrogen and oxygen atoms in total. The molecule has 0 bridgehead atoms. The second-order valence-corrected chi connectivity index (χ2v) is 6.13. The average molecular weight is 316 g/mol. The summed E-state index contributed by atoms with van der Waals surface area (Å²) in [6.07, 6.45) is -0.452. The highest BCUT2D eigenvalue weighted by atomic mass is 32.1. The van der Waals surface area contributed by atoms with Crippen molar-refractivity contribution in [3.63, 3.8) is 0 Å². The number of nitrogens with two attached hydrogens (primary N) is 1. The Labute approximate surface area is 127 Å². The van der Waals surface area contributed by atoms with E-state index in [4.69, 9.17) is 10.5 Å². The number of aliphatic hydroxyl groups excluding tert-OH is 1. The number of hydrogen-bond donors (Lipinski definition) is 2. The van der Waals surface area contributed by atoms with Gasteiger partial charge in [0.05, 0.1) is 24.0 Å². The quantitative estimate of drug-likeness (QED) is 0.829. The zero-order valence-electron chi connectivity index (χ0n) is 11.9. The van der Waals surface area contributed by atoms with Crippen LogP contribution in [0.5, 0.6) is 0 Å². The molecule has 1 unspecified atom stereocenters. The molecule has 1 aromatic rings. The molecule has 0 aromatic heterocycles. The smallest absolute Gasteiger partial charge is 0.182 e. The first-order valence-electron chi connectivity index (χ1n) is 6.56. The monoisotopic (exact) mass is 316 g/mol. The standard InChI is InChI=1S/C14H18F2N2O2S/c1-14(2)7-18(5-8(6-19)20-14)10-4-3-9(13(17)21)11(15)12(10)16/h3-4,8,19H,5-7H2,1-2H3,(H2,17,21). The van der Waals surface area contributed by atoms with E-state index in [1.807, 2.05) is 13.8 Å². The van der Waals surface area contributed by atoms with E-state index in [1.165, 1.54) is 12.1 Å². The first kappa shape index (κ1) is 16.1. The fraction of sp³-hybridized carbons (Fsp3) is 0.500. The number of hydrogen-bond acceptors (Lipinski definition) is 4. The number of morpholine rings is 1. The van der Waals surface area contributed by atoms with E-state index in [-0.39, 0.29) is 29.4 Å². The Bertz CT molecular complexity index is 566. The minimum atomic E-state index is -1.05. The van der Waals surface area contributed by atoms with Gasteiger partial charge in [-0.15, -0.1) is 0 Å². The van der Waals surface area contributed by atoms with E-state index >= 15 is 0 Å². The van der Waals surface area contributed by atoms with Crippen molar-refractivity contribution in [2.75, 3.05) is 24.6 Å². The van der Waals surface area contributed by atoms with Crippen LogP contribution in [-0.2, 0) is 4.74 Å². The predicted octanol–water partition coefficient (Wildman–Crippen LogP) is 1.58. The molecule has 1 atom stereocenters. The van der Waals surface area contributed by atoms with Crippen molar-refractivity contribution in [2.45, 2.75) is 25.6 Å². The zero-order valence-corrected chi connectivity index (χ0v) is 12.7. The maximum atomic E-state index is 14.3. The lowest BCUT2D eigenvalue weighted by Gasteiger charge is -2.43. The van der Waals surface area contributed by atoms with Crippen LogP contribution in [-0.4, -0.2) is 41.5 Å². The molecule has 1 aliphatic heterocycles. The highest BCUT2D eigenvalue weighted by Gasteiger charge is 2.34. The molecule has 0 spiro atoms. The van der Waals surface area contributed by atoms with Crippen molar-refractivity contribution in [3.05, 3.63) is 29.3 Å². The molecule has 1 saturated heterocycles. The lowest BCUT2D eigenvalue weighted by atomic mass is 10.0. The summed E-state index contributed by atoms with van der Waals surface area (Å²) in [5, 5.41) is 9.28. The van der Waals surface area contributed by atoms with E-state index in [1.54, 1.807) is 4.90 Å². The Morgan fingerprint density at radius 2 is 2.14 bits per heavy atom. The summed E-state index contributed by atoms with van der Waals surface area (Å²) in [6, 6.07) is 2.81. The average Bonchev–Trinajstić information content (AvgIpc) is 2.39. The minimum absolute atomic E-state index is 0.113. The molecule has 1 heterocycles. The predicted molar refractivity (Wildman–Crippen MR) is 80.5 cm³/mol. The van der Waals surface area contributed by atoms with Crippen LogP contribution in [0.15, 0.2) is 12.1 Å². The highest BCUT2D eigenvalue weighted by molar-refractivity contribution is 7.80. The zero-order chi connectivity index (χ0) is 15.8. The van der Waals surface area contributed by atoms with Gasteiger partial charge in [-0.1, -0.05) is 12.2 Å². The van der Waals surface area contributed by atoms with Crippen LogP contribution >= 0.6 is 12.2 Å². The number of halogens is 2. The Morgan fingerprint density at radius 3 is 2.71 bits per heavy atom. The lowest BCUT2D eigenvalue weighted by molar-refractivity contribution is -0.101. The number of benzene rings is 1. The van der Waals surface area contributed by atoms with E-state index in [0.717, 1.165) is 0 Å². The molecule has 116 valence electrons. The van der Waals surface area contributed by atoms with Crippen LogP contribution < -0.4 is 10.6 Å². The molecular weight excluding hydrogens is 298 g/mol. The summed E-state index contributed by atoms with van der Waals surface area (Å²) in [5.74, 6) is -2.04. The molecule has 2 rings (SSSR count). The van der Waals surface area contributed by atoms with Crippen LogP contribution in [0.1, 0.15) is 19.4 Å². The summed E-state index contributed by atoms with van der Waals surface area (Å²) in [6.45, 7) is 4.14. The Hall–Kier alpha value is -1.31. The van der Waals surface area contributed by atoms with E-state index in [2.05, 4.69) is 12.2 Å². The molecule has 0 aliphatic carbocycles. The van der Waals surface area contributed by atoms with Crippen LogP contribution in [0, 0.1) is 11.6 Å². The number of anilines is 1. The second-order valence-electron chi connectivity index (χ2n) is 5.69. The fourth-order valence-electron chi connectivity index (χ4n) is 2.55. The van der Waals surface area contributed by atoms with E-state index < -0.39 is 23.3 Å². The SMILES string of the molecule is CC1(C)CN(c2ccc(C(N)=S)c(F)c2F)CC(CO)O1. The van der Waals surface area contributed by atoms with Gasteiger partial charge in [-0.25, -0.2) is 8.78 Å². The summed E-state index contributed by atoms with van der Waals surface area (Å²) >= 11 is 4.69. The summed E-state index contributed by atoms with van der Waals surface area (Å²) in [7, 11) is 0. The van der Waals surface area contributed by atoms with Gasteiger partial charge in [0, 0.05) is 18.7 Å². The van der Waals surface area contributed by atoms with E-state index in [9.17, 15) is 13.9 Å². The third-order valence-electron chi connectivity index (χ3n) is 3.35. The second kappa shape index (κ2) is 5.82. The number of ether oxygens (including phenoxy) is 1. The third kappa shape index (κ3) is 3.30. The highest BCUT2D eigenvalue weighted by Crippen LogP contribution is 2.30. The molecule has 0 radical (unpaired) electrons. The summed E-state index contributed by atoms with van der Waals surface area (Å²) in [5.41, 5.74) is 4.78. The van der Waals surface area contributed by atoms with Crippen LogP contribution in [0.2, 0.25) is 0 Å². The van der Waals surface area contributed by atoms with Gasteiger partial charge in [-0.05, 0) is 26.0 Å². The molecule has 0 saturated carbocycles. The van der Waals surface area contributed by atoms with Gasteiger partial charge >= 0.3 is 0 Å². The number of rotatable bonds is 3. The molecule has 7 heteroatoms. The summed E-state index contributed by atoms with van der Waals surface area (Å²) in [4.78, 5) is 1.47. The molecule has 3 N–H and O–H groups in total. The molecule has 1 fully saturated rings. The van der Waals surface area contributed by atoms with Gasteiger partial charge in [0.15, 0.2) is 11.6 Å². The van der Waals surface area contributed by atoms with Crippen LogP contribution in [0.25, 0.3) is 0 Å². The molecule has 1 aliphatic rings. The van der Waals surface area contributed by atoms with Crippen molar-refractivity contribution in [2.24, 2.45) is 5.73 Å². The number of thiocarbonyl (C=S) groups is 1.